The molecule has 2 aromatic heterocycles. The fraction of sp³-hybridized carbons (Fsp3) is 0.500. The number of pyridine rings is 1. The molecule has 2 saturated carbocycles. The zero-order valence-corrected chi connectivity index (χ0v) is 28.1. The summed E-state index contributed by atoms with van der Waals surface area (Å²) in [6.07, 6.45) is 13.0. The van der Waals surface area contributed by atoms with E-state index in [1.165, 1.54) is 44.2 Å². The molecule has 12 heteroatoms. The van der Waals surface area contributed by atoms with Gasteiger partial charge in [0.05, 0.1) is 38.6 Å². The lowest BCUT2D eigenvalue weighted by molar-refractivity contribution is -0.00241. The molecule has 262 valence electrons. The molecule has 3 unspecified atom stereocenters. The van der Waals surface area contributed by atoms with Crippen LogP contribution in [0.15, 0.2) is 24.3 Å². The van der Waals surface area contributed by atoms with E-state index in [0.29, 0.717) is 37.0 Å². The lowest BCUT2D eigenvalue weighted by Crippen LogP contribution is -2.52. The number of hydrogen-bond acceptors (Lipinski definition) is 10. The molecule has 2 N–H and O–H groups in total. The standard InChI is InChI=1S/C38H41F2N5O5/c1-3-26-28(39)10-9-23-16-24(46)17-27(30(23)26)33-32(40)34-31(36(41-33)48-2)35(45-14-15-49-20-25(47)19-45)43-37(42-34)50-21-38-11-4-6-29(38)44(13-5-12-38)18-22-7-8-22/h1,9-10,16-17,22,25,29,46-47H,4-8,11-15,18-21H2,2H3. The number of anilines is 1. The van der Waals surface area contributed by atoms with Crippen molar-refractivity contribution in [3.8, 4) is 41.2 Å². The average molecular weight is 686 g/mol. The van der Waals surface area contributed by atoms with Gasteiger partial charge >= 0.3 is 6.01 Å². The number of methoxy groups -OCH3 is 1. The van der Waals surface area contributed by atoms with Crippen LogP contribution < -0.4 is 14.4 Å². The molecule has 2 aromatic carbocycles. The molecule has 0 amide bonds. The second-order valence-electron chi connectivity index (χ2n) is 14.3. The van der Waals surface area contributed by atoms with Gasteiger partial charge in [-0.2, -0.15) is 9.97 Å². The number of ether oxygens (including phenoxy) is 3. The van der Waals surface area contributed by atoms with Crippen LogP contribution in [0.3, 0.4) is 0 Å². The fourth-order valence-corrected chi connectivity index (χ4v) is 8.53. The molecule has 4 heterocycles. The van der Waals surface area contributed by atoms with E-state index in [1.807, 2.05) is 4.90 Å². The number of terminal acetylenes is 1. The molecule has 0 radical (unpaired) electrons. The van der Waals surface area contributed by atoms with Crippen molar-refractivity contribution in [1.29, 1.82) is 0 Å². The van der Waals surface area contributed by atoms with Gasteiger partial charge in [0.2, 0.25) is 5.88 Å². The zero-order chi connectivity index (χ0) is 34.6. The van der Waals surface area contributed by atoms with Crippen LogP contribution >= 0.6 is 0 Å². The molecule has 2 saturated heterocycles. The van der Waals surface area contributed by atoms with Gasteiger partial charge in [-0.1, -0.05) is 18.4 Å². The Morgan fingerprint density at radius 1 is 1.08 bits per heavy atom. The number of β-amino-alcohol motifs (C(OH)–C–C–N with tert-alkyl or cyclic N) is 1. The quantitative estimate of drug-likeness (QED) is 0.233. The van der Waals surface area contributed by atoms with Gasteiger partial charge in [0, 0.05) is 42.0 Å². The average Bonchev–Trinajstić information content (AvgIpc) is 3.87. The van der Waals surface area contributed by atoms with Crippen LogP contribution in [0, 0.1) is 35.3 Å². The van der Waals surface area contributed by atoms with E-state index in [4.69, 9.17) is 25.6 Å². The summed E-state index contributed by atoms with van der Waals surface area (Å²) >= 11 is 0. The summed E-state index contributed by atoms with van der Waals surface area (Å²) in [5.41, 5.74) is -0.409. The summed E-state index contributed by atoms with van der Waals surface area (Å²) in [5, 5.41) is 22.1. The van der Waals surface area contributed by atoms with Gasteiger partial charge in [-0.3, -0.25) is 4.90 Å². The molecule has 50 heavy (non-hydrogen) atoms. The van der Waals surface area contributed by atoms with Crippen molar-refractivity contribution in [1.82, 2.24) is 19.9 Å². The second kappa shape index (κ2) is 13.1. The molecule has 0 bridgehead atoms. The molecule has 4 fully saturated rings. The molecule has 2 aliphatic carbocycles. The molecule has 2 aliphatic heterocycles. The van der Waals surface area contributed by atoms with Gasteiger partial charge in [0.25, 0.3) is 0 Å². The summed E-state index contributed by atoms with van der Waals surface area (Å²) in [7, 11) is 1.40. The number of piperidine rings is 1. The first kappa shape index (κ1) is 32.9. The number of fused-ring (bicyclic) bond motifs is 3. The zero-order valence-electron chi connectivity index (χ0n) is 28.1. The molecule has 4 aliphatic rings. The lowest BCUT2D eigenvalue weighted by Gasteiger charge is -2.46. The van der Waals surface area contributed by atoms with Gasteiger partial charge in [-0.05, 0) is 74.6 Å². The van der Waals surface area contributed by atoms with Gasteiger partial charge in [0.15, 0.2) is 5.82 Å². The number of aliphatic hydroxyl groups excluding tert-OH is 1. The Balaban J connectivity index is 1.28. The number of likely N-dealkylation sites (tertiary alicyclic amines) is 1. The third-order valence-electron chi connectivity index (χ3n) is 11.0. The number of aromatic hydroxyl groups is 1. The van der Waals surface area contributed by atoms with Crippen molar-refractivity contribution in [2.45, 2.75) is 57.1 Å². The molecule has 10 nitrogen and oxygen atoms in total. The number of aliphatic hydroxyl groups is 1. The minimum atomic E-state index is -0.842. The fourth-order valence-electron chi connectivity index (χ4n) is 8.53. The highest BCUT2D eigenvalue weighted by atomic mass is 19.1. The van der Waals surface area contributed by atoms with E-state index >= 15 is 4.39 Å². The predicted octanol–water partition coefficient (Wildman–Crippen LogP) is 5.44. The molecule has 3 atom stereocenters. The number of halogens is 2. The summed E-state index contributed by atoms with van der Waals surface area (Å²) < 4.78 is 50.0. The van der Waals surface area contributed by atoms with Gasteiger partial charge in [-0.25, -0.2) is 13.8 Å². The first-order valence-corrected chi connectivity index (χ1v) is 17.5. The summed E-state index contributed by atoms with van der Waals surface area (Å²) in [4.78, 5) is 18.5. The monoisotopic (exact) mass is 685 g/mol. The number of nitrogens with zero attached hydrogens (tertiary/aromatic N) is 5. The summed E-state index contributed by atoms with van der Waals surface area (Å²) in [6, 6.07) is 5.84. The number of phenols is 1. The van der Waals surface area contributed by atoms with Gasteiger partial charge in [0.1, 0.15) is 34.0 Å². The summed E-state index contributed by atoms with van der Waals surface area (Å²) in [5.74, 6) is 1.79. The lowest BCUT2D eigenvalue weighted by atomic mass is 9.75. The number of hydrogen-bond donors (Lipinski definition) is 2. The third kappa shape index (κ3) is 5.85. The minimum Gasteiger partial charge on any atom is -0.508 e. The number of rotatable bonds is 8. The van der Waals surface area contributed by atoms with Crippen molar-refractivity contribution in [3.05, 3.63) is 41.5 Å². The SMILES string of the molecule is C#Cc1c(F)ccc2cc(O)cc(-c3nc(OC)c4c(N5CCOCC(O)C5)nc(OCC56CCCC5N(CC5CC5)CCC6)nc4c3F)c12. The second-order valence-corrected chi connectivity index (χ2v) is 14.3. The Hall–Kier alpha value is -4.31. The number of phenolic OH excluding ortho intramolecular Hbond substituents is 1. The number of aromatic nitrogens is 3. The van der Waals surface area contributed by atoms with E-state index < -0.39 is 17.7 Å². The molecule has 8 rings (SSSR count). The van der Waals surface area contributed by atoms with Crippen LogP contribution in [0.5, 0.6) is 17.6 Å². The van der Waals surface area contributed by atoms with Crippen LogP contribution in [-0.4, -0.2) is 95.3 Å². The Kier molecular flexibility index (Phi) is 8.61. The van der Waals surface area contributed by atoms with E-state index in [2.05, 4.69) is 20.8 Å². The maximum atomic E-state index is 17.1. The van der Waals surface area contributed by atoms with Gasteiger partial charge < -0.3 is 29.3 Å². The topological polar surface area (TPSA) is 113 Å². The number of benzene rings is 2. The molecular weight excluding hydrogens is 644 g/mol. The molecule has 0 spiro atoms. The van der Waals surface area contributed by atoms with Crippen LogP contribution in [0.4, 0.5) is 14.6 Å². The highest BCUT2D eigenvalue weighted by Crippen LogP contribution is 2.49. The van der Waals surface area contributed by atoms with Crippen LogP contribution in [0.25, 0.3) is 32.9 Å². The highest BCUT2D eigenvalue weighted by Gasteiger charge is 2.49. The first-order chi connectivity index (χ1) is 24.3. The third-order valence-corrected chi connectivity index (χ3v) is 11.0. The van der Waals surface area contributed by atoms with Crippen LogP contribution in [0.1, 0.15) is 50.5 Å². The van der Waals surface area contributed by atoms with E-state index in [9.17, 15) is 14.6 Å². The van der Waals surface area contributed by atoms with E-state index in [0.717, 1.165) is 51.1 Å². The van der Waals surface area contributed by atoms with Crippen LogP contribution in [0.2, 0.25) is 0 Å². The smallest absolute Gasteiger partial charge is 0.319 e. The van der Waals surface area contributed by atoms with Crippen molar-refractivity contribution in [2.24, 2.45) is 11.3 Å². The van der Waals surface area contributed by atoms with Crippen molar-refractivity contribution in [3.63, 3.8) is 0 Å². The minimum absolute atomic E-state index is 0.000671. The maximum Gasteiger partial charge on any atom is 0.319 e. The van der Waals surface area contributed by atoms with Crippen molar-refractivity contribution >= 4 is 27.5 Å². The van der Waals surface area contributed by atoms with E-state index in [-0.39, 0.29) is 69.3 Å². The van der Waals surface area contributed by atoms with Crippen LogP contribution in [-0.2, 0) is 4.74 Å². The Morgan fingerprint density at radius 2 is 1.92 bits per heavy atom. The van der Waals surface area contributed by atoms with Crippen molar-refractivity contribution in [2.75, 3.05) is 58.0 Å². The maximum absolute atomic E-state index is 17.1. The first-order valence-electron chi connectivity index (χ1n) is 17.5. The molecule has 4 aromatic rings. The molecular formula is C38H41F2N5O5. The summed E-state index contributed by atoms with van der Waals surface area (Å²) in [6.45, 7) is 3.63. The Bertz CT molecular complexity index is 2000. The van der Waals surface area contributed by atoms with Gasteiger partial charge in [-0.15, -0.1) is 6.42 Å². The van der Waals surface area contributed by atoms with E-state index in [1.54, 1.807) is 0 Å². The Morgan fingerprint density at radius 3 is 2.72 bits per heavy atom. The largest absolute Gasteiger partial charge is 0.508 e. The Labute approximate surface area is 289 Å². The predicted molar refractivity (Wildman–Crippen MR) is 184 cm³/mol. The highest BCUT2D eigenvalue weighted by molar-refractivity contribution is 6.04. The normalized spacial score (nSPS) is 24.3. The van der Waals surface area contributed by atoms with Crippen molar-refractivity contribution < 1.29 is 33.2 Å².